The van der Waals surface area contributed by atoms with Gasteiger partial charge in [-0.3, -0.25) is 4.79 Å². The van der Waals surface area contributed by atoms with Gasteiger partial charge in [-0.1, -0.05) is 13.0 Å². The maximum absolute atomic E-state index is 12.4. The normalized spacial score (nSPS) is 11.4. The number of nitrogens with one attached hydrogen (secondary N) is 1. The SMILES string of the molecule is CCC(C)OC(=O)COc1ccc(C(=O)Nc2cc(C)ccc2OC)cc1. The van der Waals surface area contributed by atoms with Gasteiger partial charge in [0.25, 0.3) is 5.91 Å². The lowest BCUT2D eigenvalue weighted by molar-refractivity contribution is -0.150. The highest BCUT2D eigenvalue weighted by Gasteiger charge is 2.11. The van der Waals surface area contributed by atoms with E-state index in [2.05, 4.69) is 5.32 Å². The average molecular weight is 371 g/mol. The lowest BCUT2D eigenvalue weighted by atomic mass is 10.1. The van der Waals surface area contributed by atoms with E-state index in [9.17, 15) is 9.59 Å². The molecule has 0 heterocycles. The Hall–Kier alpha value is -3.02. The molecule has 144 valence electrons. The standard InChI is InChI=1S/C21H25NO5/c1-5-15(3)27-20(23)13-26-17-9-7-16(8-10-17)21(24)22-18-12-14(2)6-11-19(18)25-4/h6-12,15H,5,13H2,1-4H3,(H,22,24). The number of anilines is 1. The predicted octanol–water partition coefficient (Wildman–Crippen LogP) is 3.98. The lowest BCUT2D eigenvalue weighted by Gasteiger charge is -2.12. The first-order valence-corrected chi connectivity index (χ1v) is 8.81. The van der Waals surface area contributed by atoms with Crippen LogP contribution >= 0.6 is 0 Å². The number of hydrogen-bond acceptors (Lipinski definition) is 5. The van der Waals surface area contributed by atoms with Crippen molar-refractivity contribution in [1.29, 1.82) is 0 Å². The number of aryl methyl sites for hydroxylation is 1. The Morgan fingerprint density at radius 2 is 1.81 bits per heavy atom. The zero-order chi connectivity index (χ0) is 19.8. The van der Waals surface area contributed by atoms with Crippen molar-refractivity contribution in [3.8, 4) is 11.5 Å². The van der Waals surface area contributed by atoms with Gasteiger partial charge in [0, 0.05) is 5.56 Å². The van der Waals surface area contributed by atoms with Crippen molar-refractivity contribution in [1.82, 2.24) is 0 Å². The Labute approximate surface area is 159 Å². The molecule has 0 aromatic heterocycles. The summed E-state index contributed by atoms with van der Waals surface area (Å²) in [5.74, 6) is 0.397. The van der Waals surface area contributed by atoms with Crippen molar-refractivity contribution in [2.75, 3.05) is 19.0 Å². The molecule has 2 aromatic rings. The molecule has 0 spiro atoms. The first-order valence-electron chi connectivity index (χ1n) is 8.81. The second-order valence-electron chi connectivity index (χ2n) is 6.18. The number of benzene rings is 2. The summed E-state index contributed by atoms with van der Waals surface area (Å²) in [5, 5.41) is 2.84. The van der Waals surface area contributed by atoms with E-state index in [1.807, 2.05) is 32.9 Å². The molecule has 0 aliphatic carbocycles. The average Bonchev–Trinajstić information content (AvgIpc) is 2.66. The highest BCUT2D eigenvalue weighted by molar-refractivity contribution is 6.05. The van der Waals surface area contributed by atoms with Crippen molar-refractivity contribution < 1.29 is 23.8 Å². The first kappa shape index (κ1) is 20.3. The van der Waals surface area contributed by atoms with Crippen LogP contribution in [0.1, 0.15) is 36.2 Å². The largest absolute Gasteiger partial charge is 0.495 e. The third-order valence-corrected chi connectivity index (χ3v) is 3.98. The van der Waals surface area contributed by atoms with Crippen LogP contribution in [0.15, 0.2) is 42.5 Å². The van der Waals surface area contributed by atoms with Gasteiger partial charge in [-0.05, 0) is 62.2 Å². The van der Waals surface area contributed by atoms with Crippen LogP contribution in [0.4, 0.5) is 5.69 Å². The first-order chi connectivity index (χ1) is 12.9. The summed E-state index contributed by atoms with van der Waals surface area (Å²) in [6.07, 6.45) is 0.618. The van der Waals surface area contributed by atoms with Gasteiger partial charge >= 0.3 is 5.97 Å². The van der Waals surface area contributed by atoms with E-state index in [4.69, 9.17) is 14.2 Å². The molecule has 1 atom stereocenters. The van der Waals surface area contributed by atoms with Gasteiger partial charge < -0.3 is 19.5 Å². The number of amides is 1. The molecule has 0 radical (unpaired) electrons. The summed E-state index contributed by atoms with van der Waals surface area (Å²) in [6.45, 7) is 5.54. The van der Waals surface area contributed by atoms with Crippen LogP contribution in [-0.2, 0) is 9.53 Å². The summed E-state index contributed by atoms with van der Waals surface area (Å²) in [5.41, 5.74) is 2.09. The second kappa shape index (κ2) is 9.62. The molecular weight excluding hydrogens is 346 g/mol. The molecule has 27 heavy (non-hydrogen) atoms. The fourth-order valence-corrected chi connectivity index (χ4v) is 2.30. The van der Waals surface area contributed by atoms with Crippen LogP contribution in [0.3, 0.4) is 0 Å². The van der Waals surface area contributed by atoms with Crippen molar-refractivity contribution in [2.45, 2.75) is 33.3 Å². The molecule has 0 saturated carbocycles. The van der Waals surface area contributed by atoms with Gasteiger partial charge in [-0.25, -0.2) is 4.79 Å². The van der Waals surface area contributed by atoms with Gasteiger partial charge in [0.2, 0.25) is 0 Å². The van der Waals surface area contributed by atoms with Gasteiger partial charge in [-0.2, -0.15) is 0 Å². The van der Waals surface area contributed by atoms with E-state index < -0.39 is 5.97 Å². The van der Waals surface area contributed by atoms with Crippen LogP contribution in [0.5, 0.6) is 11.5 Å². The quantitative estimate of drug-likeness (QED) is 0.711. The Bertz CT molecular complexity index is 786. The topological polar surface area (TPSA) is 73.9 Å². The summed E-state index contributed by atoms with van der Waals surface area (Å²) in [4.78, 5) is 24.1. The molecule has 2 aromatic carbocycles. The van der Waals surface area contributed by atoms with Crippen LogP contribution in [0.2, 0.25) is 0 Å². The third-order valence-electron chi connectivity index (χ3n) is 3.98. The Balaban J connectivity index is 1.95. The minimum atomic E-state index is -0.419. The van der Waals surface area contributed by atoms with Crippen LogP contribution in [0, 0.1) is 6.92 Å². The molecule has 0 bridgehead atoms. The Morgan fingerprint density at radius 1 is 1.11 bits per heavy atom. The number of carbonyl (C=O) groups excluding carboxylic acids is 2. The van der Waals surface area contributed by atoms with Crippen molar-refractivity contribution in [3.63, 3.8) is 0 Å². The predicted molar refractivity (Wildman–Crippen MR) is 103 cm³/mol. The summed E-state index contributed by atoms with van der Waals surface area (Å²) in [7, 11) is 1.55. The molecule has 6 nitrogen and oxygen atoms in total. The summed E-state index contributed by atoms with van der Waals surface area (Å²) in [6, 6.07) is 12.1. The van der Waals surface area contributed by atoms with E-state index in [1.165, 1.54) is 0 Å². The minimum absolute atomic E-state index is 0.134. The lowest BCUT2D eigenvalue weighted by Crippen LogP contribution is -2.20. The highest BCUT2D eigenvalue weighted by Crippen LogP contribution is 2.26. The van der Waals surface area contributed by atoms with E-state index in [1.54, 1.807) is 37.4 Å². The number of rotatable bonds is 8. The molecule has 6 heteroatoms. The Morgan fingerprint density at radius 3 is 2.44 bits per heavy atom. The van der Waals surface area contributed by atoms with Gasteiger partial charge in [-0.15, -0.1) is 0 Å². The smallest absolute Gasteiger partial charge is 0.344 e. The number of carbonyl (C=O) groups is 2. The molecule has 1 unspecified atom stereocenters. The molecule has 0 aliphatic rings. The van der Waals surface area contributed by atoms with Crippen LogP contribution < -0.4 is 14.8 Å². The zero-order valence-electron chi connectivity index (χ0n) is 16.1. The summed E-state index contributed by atoms with van der Waals surface area (Å²) >= 11 is 0. The van der Waals surface area contributed by atoms with E-state index >= 15 is 0 Å². The number of hydrogen-bond donors (Lipinski definition) is 1. The van der Waals surface area contributed by atoms with Crippen molar-refractivity contribution in [2.24, 2.45) is 0 Å². The third kappa shape index (κ3) is 6.02. The molecular formula is C21H25NO5. The maximum atomic E-state index is 12.4. The molecule has 1 amide bonds. The maximum Gasteiger partial charge on any atom is 0.344 e. The zero-order valence-corrected chi connectivity index (χ0v) is 16.1. The molecule has 0 saturated heterocycles. The molecule has 1 N–H and O–H groups in total. The molecule has 2 rings (SSSR count). The molecule has 0 aliphatic heterocycles. The monoisotopic (exact) mass is 371 g/mol. The van der Waals surface area contributed by atoms with Crippen molar-refractivity contribution >= 4 is 17.6 Å². The fraction of sp³-hybridized carbons (Fsp3) is 0.333. The minimum Gasteiger partial charge on any atom is -0.495 e. The van der Waals surface area contributed by atoms with Gasteiger partial charge in [0.1, 0.15) is 11.5 Å². The number of esters is 1. The molecule has 0 fully saturated rings. The highest BCUT2D eigenvalue weighted by atomic mass is 16.6. The van der Waals surface area contributed by atoms with Crippen molar-refractivity contribution in [3.05, 3.63) is 53.6 Å². The summed E-state index contributed by atoms with van der Waals surface area (Å²) < 4.78 is 15.8. The van der Waals surface area contributed by atoms with Crippen LogP contribution in [-0.4, -0.2) is 31.7 Å². The van der Waals surface area contributed by atoms with Crippen LogP contribution in [0.25, 0.3) is 0 Å². The van der Waals surface area contributed by atoms with E-state index in [0.717, 1.165) is 12.0 Å². The van der Waals surface area contributed by atoms with Gasteiger partial charge in [0.15, 0.2) is 6.61 Å². The fourth-order valence-electron chi connectivity index (χ4n) is 2.30. The van der Waals surface area contributed by atoms with Gasteiger partial charge in [0.05, 0.1) is 18.9 Å². The van der Waals surface area contributed by atoms with E-state index in [-0.39, 0.29) is 18.6 Å². The second-order valence-corrected chi connectivity index (χ2v) is 6.18. The number of methoxy groups -OCH3 is 1. The number of ether oxygens (including phenoxy) is 3. The Kier molecular flexibility index (Phi) is 7.23. The van der Waals surface area contributed by atoms with E-state index in [0.29, 0.717) is 22.7 Å².